The molecule has 3 aromatic rings. The Morgan fingerprint density at radius 1 is 0.882 bits per heavy atom. The summed E-state index contributed by atoms with van der Waals surface area (Å²) in [6, 6.07) is 16.0. The van der Waals surface area contributed by atoms with Gasteiger partial charge in [0.1, 0.15) is 0 Å². The second kappa shape index (κ2) is 10.5. The van der Waals surface area contributed by atoms with Gasteiger partial charge in [0.2, 0.25) is 5.75 Å². The monoisotopic (exact) mass is 484 g/mol. The molecule has 0 aliphatic heterocycles. The van der Waals surface area contributed by atoms with E-state index in [1.807, 2.05) is 13.0 Å². The minimum absolute atomic E-state index is 0.0119. The molecular weight excluding hydrogens is 456 g/mol. The van der Waals surface area contributed by atoms with Crippen LogP contribution in [0.25, 0.3) is 0 Å². The van der Waals surface area contributed by atoms with E-state index < -0.39 is 22.0 Å². The number of ether oxygens (including phenoxy) is 3. The molecule has 9 heteroatoms. The molecule has 34 heavy (non-hydrogen) atoms. The average Bonchev–Trinajstić information content (AvgIpc) is 2.82. The van der Waals surface area contributed by atoms with Crippen molar-refractivity contribution >= 4 is 21.6 Å². The predicted octanol–water partition coefficient (Wildman–Crippen LogP) is 4.31. The molecule has 0 aliphatic carbocycles. The van der Waals surface area contributed by atoms with Crippen LogP contribution in [0.15, 0.2) is 65.6 Å². The SMILES string of the molecule is COc1cc(C(C)NC(=O)c2cccc(S(=O)(=O)Nc3cccc(C)c3)c2)cc(OC)c1OC. The molecule has 1 amide bonds. The summed E-state index contributed by atoms with van der Waals surface area (Å²) in [5, 5.41) is 2.88. The smallest absolute Gasteiger partial charge is 0.261 e. The molecule has 1 atom stereocenters. The number of rotatable bonds is 9. The van der Waals surface area contributed by atoms with Crippen molar-refractivity contribution in [2.75, 3.05) is 26.1 Å². The number of methoxy groups -OCH3 is 3. The van der Waals surface area contributed by atoms with E-state index in [0.717, 1.165) is 11.1 Å². The van der Waals surface area contributed by atoms with Crippen LogP contribution in [0, 0.1) is 6.92 Å². The van der Waals surface area contributed by atoms with Crippen LogP contribution in [0.5, 0.6) is 17.2 Å². The maximum absolute atomic E-state index is 12.9. The minimum Gasteiger partial charge on any atom is -0.493 e. The zero-order valence-electron chi connectivity index (χ0n) is 19.7. The van der Waals surface area contributed by atoms with Gasteiger partial charge >= 0.3 is 0 Å². The zero-order valence-corrected chi connectivity index (χ0v) is 20.5. The lowest BCUT2D eigenvalue weighted by atomic mass is 10.1. The molecule has 3 aromatic carbocycles. The van der Waals surface area contributed by atoms with Crippen molar-refractivity contribution in [1.82, 2.24) is 5.32 Å². The summed E-state index contributed by atoms with van der Waals surface area (Å²) in [4.78, 5) is 12.9. The minimum atomic E-state index is -3.87. The Morgan fingerprint density at radius 3 is 2.12 bits per heavy atom. The molecule has 0 aromatic heterocycles. The Balaban J connectivity index is 1.81. The maximum Gasteiger partial charge on any atom is 0.261 e. The van der Waals surface area contributed by atoms with Gasteiger partial charge in [-0.2, -0.15) is 0 Å². The van der Waals surface area contributed by atoms with Crippen molar-refractivity contribution in [3.63, 3.8) is 0 Å². The number of carbonyl (C=O) groups excluding carboxylic acids is 1. The Bertz CT molecular complexity index is 1270. The van der Waals surface area contributed by atoms with E-state index in [1.54, 1.807) is 43.3 Å². The molecule has 0 heterocycles. The number of anilines is 1. The number of carbonyl (C=O) groups is 1. The van der Waals surface area contributed by atoms with Gasteiger partial charge in [0, 0.05) is 11.3 Å². The molecule has 180 valence electrons. The van der Waals surface area contributed by atoms with Crippen molar-refractivity contribution in [1.29, 1.82) is 0 Å². The fraction of sp³-hybridized carbons (Fsp3) is 0.240. The van der Waals surface area contributed by atoms with Crippen molar-refractivity contribution in [2.24, 2.45) is 0 Å². The van der Waals surface area contributed by atoms with Crippen LogP contribution in [0.2, 0.25) is 0 Å². The predicted molar refractivity (Wildman–Crippen MR) is 130 cm³/mol. The van der Waals surface area contributed by atoms with E-state index in [2.05, 4.69) is 10.0 Å². The molecule has 8 nitrogen and oxygen atoms in total. The van der Waals surface area contributed by atoms with E-state index in [-0.39, 0.29) is 10.5 Å². The largest absolute Gasteiger partial charge is 0.493 e. The topological polar surface area (TPSA) is 103 Å². The molecule has 0 saturated carbocycles. The highest BCUT2D eigenvalue weighted by atomic mass is 32.2. The van der Waals surface area contributed by atoms with Crippen LogP contribution in [0.1, 0.15) is 34.5 Å². The summed E-state index contributed by atoms with van der Waals surface area (Å²) in [6.45, 7) is 3.68. The van der Waals surface area contributed by atoms with E-state index in [4.69, 9.17) is 14.2 Å². The van der Waals surface area contributed by atoms with Crippen LogP contribution >= 0.6 is 0 Å². The molecule has 0 spiro atoms. The third-order valence-corrected chi connectivity index (χ3v) is 6.59. The first-order valence-electron chi connectivity index (χ1n) is 10.5. The van der Waals surface area contributed by atoms with Crippen LogP contribution < -0.4 is 24.2 Å². The summed E-state index contributed by atoms with van der Waals surface area (Å²) < 4.78 is 44.3. The summed E-state index contributed by atoms with van der Waals surface area (Å²) >= 11 is 0. The third kappa shape index (κ3) is 5.60. The van der Waals surface area contributed by atoms with E-state index in [0.29, 0.717) is 22.9 Å². The van der Waals surface area contributed by atoms with Crippen LogP contribution in [0.3, 0.4) is 0 Å². The quantitative estimate of drug-likeness (QED) is 0.469. The fourth-order valence-electron chi connectivity index (χ4n) is 3.44. The molecule has 0 aliphatic rings. The first kappa shape index (κ1) is 24.9. The van der Waals surface area contributed by atoms with Crippen LogP contribution in [-0.2, 0) is 10.0 Å². The van der Waals surface area contributed by atoms with Crippen molar-refractivity contribution in [2.45, 2.75) is 24.8 Å². The lowest BCUT2D eigenvalue weighted by Gasteiger charge is -2.19. The second-order valence-electron chi connectivity index (χ2n) is 7.66. The summed E-state index contributed by atoms with van der Waals surface area (Å²) in [5.74, 6) is 0.960. The first-order valence-corrected chi connectivity index (χ1v) is 12.0. The van der Waals surface area contributed by atoms with E-state index >= 15 is 0 Å². The highest BCUT2D eigenvalue weighted by molar-refractivity contribution is 7.92. The Labute approximate surface area is 199 Å². The number of amides is 1. The van der Waals surface area contributed by atoms with Gasteiger partial charge in [-0.25, -0.2) is 8.42 Å². The highest BCUT2D eigenvalue weighted by Gasteiger charge is 2.20. The number of benzene rings is 3. The standard InChI is InChI=1S/C25H28N2O6S/c1-16-8-6-10-20(12-16)27-34(29,30)21-11-7-9-18(13-21)25(28)26-17(2)19-14-22(31-3)24(33-5)23(15-19)32-4/h6-15,17,27H,1-5H3,(H,26,28). The van der Waals surface area contributed by atoms with Crippen LogP contribution in [-0.4, -0.2) is 35.7 Å². The number of hydrogen-bond donors (Lipinski definition) is 2. The third-order valence-electron chi connectivity index (χ3n) is 5.21. The lowest BCUT2D eigenvalue weighted by molar-refractivity contribution is 0.0939. The maximum atomic E-state index is 12.9. The van der Waals surface area contributed by atoms with E-state index in [9.17, 15) is 13.2 Å². The molecule has 3 rings (SSSR count). The zero-order chi connectivity index (χ0) is 24.9. The van der Waals surface area contributed by atoms with Gasteiger partial charge in [-0.1, -0.05) is 18.2 Å². The molecular formula is C25H28N2O6S. The Morgan fingerprint density at radius 2 is 1.53 bits per heavy atom. The van der Waals surface area contributed by atoms with Crippen molar-refractivity contribution in [3.05, 3.63) is 77.4 Å². The summed E-state index contributed by atoms with van der Waals surface area (Å²) in [7, 11) is 0.674. The van der Waals surface area contributed by atoms with Gasteiger partial charge < -0.3 is 19.5 Å². The lowest BCUT2D eigenvalue weighted by Crippen LogP contribution is -2.27. The van der Waals surface area contributed by atoms with Crippen molar-refractivity contribution < 1.29 is 27.4 Å². The van der Waals surface area contributed by atoms with Gasteiger partial charge in [-0.05, 0) is 67.4 Å². The summed E-state index contributed by atoms with van der Waals surface area (Å²) in [6.07, 6.45) is 0. The molecule has 2 N–H and O–H groups in total. The van der Waals surface area contributed by atoms with E-state index in [1.165, 1.54) is 39.5 Å². The number of hydrogen-bond acceptors (Lipinski definition) is 6. The van der Waals surface area contributed by atoms with Gasteiger partial charge in [0.05, 0.1) is 32.3 Å². The first-order chi connectivity index (χ1) is 16.2. The molecule has 0 fully saturated rings. The summed E-state index contributed by atoms with van der Waals surface area (Å²) in [5.41, 5.74) is 2.32. The molecule has 0 saturated heterocycles. The Kier molecular flexibility index (Phi) is 7.68. The average molecular weight is 485 g/mol. The number of aryl methyl sites for hydroxylation is 1. The second-order valence-corrected chi connectivity index (χ2v) is 9.34. The molecule has 0 radical (unpaired) electrons. The van der Waals surface area contributed by atoms with Gasteiger partial charge in [0.15, 0.2) is 11.5 Å². The van der Waals surface area contributed by atoms with Gasteiger partial charge in [0.25, 0.3) is 15.9 Å². The fourth-order valence-corrected chi connectivity index (χ4v) is 4.54. The number of nitrogens with one attached hydrogen (secondary N) is 2. The Hall–Kier alpha value is -3.72. The van der Waals surface area contributed by atoms with Crippen LogP contribution in [0.4, 0.5) is 5.69 Å². The normalized spacial score (nSPS) is 11.9. The number of sulfonamides is 1. The highest BCUT2D eigenvalue weighted by Crippen LogP contribution is 2.39. The van der Waals surface area contributed by atoms with Gasteiger partial charge in [-0.15, -0.1) is 0 Å². The van der Waals surface area contributed by atoms with Crippen molar-refractivity contribution in [3.8, 4) is 17.2 Å². The molecule has 0 bridgehead atoms. The van der Waals surface area contributed by atoms with Gasteiger partial charge in [-0.3, -0.25) is 9.52 Å². The molecule has 1 unspecified atom stereocenters.